The van der Waals surface area contributed by atoms with Crippen molar-refractivity contribution >= 4 is 27.5 Å². The fraction of sp³-hybridized carbons (Fsp3) is 0.440. The average Bonchev–Trinajstić information content (AvgIpc) is 3.35. The number of aryl methyl sites for hydroxylation is 1. The average molecular weight is 470 g/mol. The maximum absolute atomic E-state index is 13.0. The second kappa shape index (κ2) is 10.1. The van der Waals surface area contributed by atoms with Crippen molar-refractivity contribution in [1.82, 2.24) is 9.21 Å². The number of nitrogens with one attached hydrogen (secondary N) is 1. The number of sulfonamides is 1. The zero-order valence-corrected chi connectivity index (χ0v) is 19.9. The van der Waals surface area contributed by atoms with Crippen molar-refractivity contribution in [1.29, 1.82) is 0 Å². The Hall–Kier alpha value is -2.71. The Labute approximate surface area is 195 Å². The Bertz CT molecular complexity index is 1120. The molecule has 0 aromatic heterocycles. The molecule has 2 amide bonds. The summed E-state index contributed by atoms with van der Waals surface area (Å²) in [6.45, 7) is 4.48. The van der Waals surface area contributed by atoms with Crippen LogP contribution in [0.2, 0.25) is 0 Å². The van der Waals surface area contributed by atoms with Crippen LogP contribution in [0.25, 0.3) is 0 Å². The van der Waals surface area contributed by atoms with Gasteiger partial charge in [0.2, 0.25) is 15.9 Å². The molecule has 33 heavy (non-hydrogen) atoms. The Balaban J connectivity index is 1.44. The van der Waals surface area contributed by atoms with Gasteiger partial charge in [0.15, 0.2) is 0 Å². The second-order valence-electron chi connectivity index (χ2n) is 8.83. The molecule has 0 bridgehead atoms. The molecule has 1 N–H and O–H groups in total. The van der Waals surface area contributed by atoms with E-state index in [0.717, 1.165) is 50.8 Å². The first-order chi connectivity index (χ1) is 15.9. The van der Waals surface area contributed by atoms with E-state index in [1.807, 2.05) is 24.0 Å². The van der Waals surface area contributed by atoms with E-state index in [2.05, 4.69) is 5.32 Å². The SMILES string of the molecule is Cc1cccc(NC(=O)Cc2ccc(S(=O)(=O)N3CCCCC3)cc2)c1C(=O)N1CCCC1. The topological polar surface area (TPSA) is 86.8 Å². The number of anilines is 1. The van der Waals surface area contributed by atoms with Crippen molar-refractivity contribution in [3.63, 3.8) is 0 Å². The lowest BCUT2D eigenvalue weighted by Gasteiger charge is -2.25. The van der Waals surface area contributed by atoms with E-state index in [4.69, 9.17) is 0 Å². The van der Waals surface area contributed by atoms with Gasteiger partial charge < -0.3 is 10.2 Å². The van der Waals surface area contributed by atoms with Gasteiger partial charge >= 0.3 is 0 Å². The minimum atomic E-state index is -3.49. The van der Waals surface area contributed by atoms with E-state index in [9.17, 15) is 18.0 Å². The monoisotopic (exact) mass is 469 g/mol. The summed E-state index contributed by atoms with van der Waals surface area (Å²) >= 11 is 0. The van der Waals surface area contributed by atoms with Crippen LogP contribution in [-0.2, 0) is 21.2 Å². The Kier molecular flexibility index (Phi) is 7.14. The standard InChI is InChI=1S/C25H31N3O4S/c1-19-8-7-9-22(24(19)25(30)27-14-5-6-15-27)26-23(29)18-20-10-12-21(13-11-20)33(31,32)28-16-3-2-4-17-28/h7-13H,2-6,14-18H2,1H3,(H,26,29). The summed E-state index contributed by atoms with van der Waals surface area (Å²) in [5.41, 5.74) is 2.60. The molecule has 2 aliphatic rings. The molecule has 0 saturated carbocycles. The number of nitrogens with zero attached hydrogens (tertiary/aromatic N) is 2. The van der Waals surface area contributed by atoms with Crippen molar-refractivity contribution in [3.05, 3.63) is 59.2 Å². The Morgan fingerprint density at radius 1 is 0.879 bits per heavy atom. The van der Waals surface area contributed by atoms with E-state index >= 15 is 0 Å². The first kappa shape index (κ1) is 23.4. The molecule has 0 aliphatic carbocycles. The Morgan fingerprint density at radius 2 is 1.52 bits per heavy atom. The molecule has 7 nitrogen and oxygen atoms in total. The summed E-state index contributed by atoms with van der Waals surface area (Å²) in [5.74, 6) is -0.295. The summed E-state index contributed by atoms with van der Waals surface area (Å²) in [7, 11) is -3.49. The van der Waals surface area contributed by atoms with Crippen LogP contribution >= 0.6 is 0 Å². The number of rotatable bonds is 6. The van der Waals surface area contributed by atoms with Gasteiger partial charge in [-0.15, -0.1) is 0 Å². The van der Waals surface area contributed by atoms with Crippen LogP contribution in [-0.4, -0.2) is 55.6 Å². The molecule has 0 radical (unpaired) electrons. The van der Waals surface area contributed by atoms with Gasteiger partial charge in [0.25, 0.3) is 5.91 Å². The predicted octanol–water partition coefficient (Wildman–Crippen LogP) is 3.59. The number of amides is 2. The molecule has 2 aliphatic heterocycles. The quantitative estimate of drug-likeness (QED) is 0.701. The van der Waals surface area contributed by atoms with E-state index in [0.29, 0.717) is 29.9 Å². The fourth-order valence-electron chi connectivity index (χ4n) is 4.55. The van der Waals surface area contributed by atoms with Crippen LogP contribution in [0, 0.1) is 6.92 Å². The van der Waals surface area contributed by atoms with E-state index in [-0.39, 0.29) is 23.1 Å². The third-order valence-corrected chi connectivity index (χ3v) is 8.31. The number of benzene rings is 2. The molecule has 4 rings (SSSR count). The highest BCUT2D eigenvalue weighted by atomic mass is 32.2. The lowest BCUT2D eigenvalue weighted by molar-refractivity contribution is -0.115. The van der Waals surface area contributed by atoms with Crippen LogP contribution in [0.4, 0.5) is 5.69 Å². The highest BCUT2D eigenvalue weighted by Crippen LogP contribution is 2.24. The normalized spacial score (nSPS) is 17.2. The first-order valence-corrected chi connectivity index (χ1v) is 13.1. The van der Waals surface area contributed by atoms with Gasteiger partial charge in [-0.25, -0.2) is 8.42 Å². The summed E-state index contributed by atoms with van der Waals surface area (Å²) in [6, 6.07) is 12.0. The van der Waals surface area contributed by atoms with E-state index in [1.54, 1.807) is 30.3 Å². The molecular weight excluding hydrogens is 438 g/mol. The number of carbonyl (C=O) groups is 2. The zero-order chi connectivity index (χ0) is 23.4. The number of carbonyl (C=O) groups excluding carboxylic acids is 2. The van der Waals surface area contributed by atoms with Gasteiger partial charge in [-0.2, -0.15) is 4.31 Å². The van der Waals surface area contributed by atoms with Gasteiger partial charge in [-0.05, 0) is 61.9 Å². The molecule has 2 heterocycles. The summed E-state index contributed by atoms with van der Waals surface area (Å²) in [5, 5.41) is 2.89. The van der Waals surface area contributed by atoms with Gasteiger partial charge in [-0.1, -0.05) is 30.7 Å². The van der Waals surface area contributed by atoms with Crippen molar-refractivity contribution in [2.75, 3.05) is 31.5 Å². The van der Waals surface area contributed by atoms with Gasteiger partial charge in [0, 0.05) is 26.2 Å². The number of hydrogen-bond donors (Lipinski definition) is 1. The van der Waals surface area contributed by atoms with E-state index < -0.39 is 10.0 Å². The molecule has 2 saturated heterocycles. The molecular formula is C25H31N3O4S. The molecule has 2 aromatic rings. The molecule has 2 aromatic carbocycles. The minimum Gasteiger partial charge on any atom is -0.339 e. The van der Waals surface area contributed by atoms with Crippen molar-refractivity contribution < 1.29 is 18.0 Å². The third-order valence-electron chi connectivity index (χ3n) is 6.39. The van der Waals surface area contributed by atoms with Crippen molar-refractivity contribution in [2.24, 2.45) is 0 Å². The Morgan fingerprint density at radius 3 is 2.18 bits per heavy atom. The van der Waals surface area contributed by atoms with Crippen LogP contribution < -0.4 is 5.32 Å². The van der Waals surface area contributed by atoms with Crippen molar-refractivity contribution in [3.8, 4) is 0 Å². The third kappa shape index (κ3) is 5.28. The molecule has 176 valence electrons. The maximum atomic E-state index is 13.0. The summed E-state index contributed by atoms with van der Waals surface area (Å²) in [6.07, 6.45) is 4.94. The number of piperidine rings is 1. The van der Waals surface area contributed by atoms with Gasteiger partial charge in [0.05, 0.1) is 22.6 Å². The molecule has 0 atom stereocenters. The molecule has 0 unspecified atom stereocenters. The predicted molar refractivity (Wildman–Crippen MR) is 128 cm³/mol. The smallest absolute Gasteiger partial charge is 0.256 e. The lowest BCUT2D eigenvalue weighted by atomic mass is 10.0. The van der Waals surface area contributed by atoms with Gasteiger partial charge in [0.1, 0.15) is 0 Å². The largest absolute Gasteiger partial charge is 0.339 e. The zero-order valence-electron chi connectivity index (χ0n) is 19.0. The number of likely N-dealkylation sites (tertiary alicyclic amines) is 1. The van der Waals surface area contributed by atoms with E-state index in [1.165, 1.54) is 4.31 Å². The summed E-state index contributed by atoms with van der Waals surface area (Å²) in [4.78, 5) is 27.8. The fourth-order valence-corrected chi connectivity index (χ4v) is 6.06. The highest BCUT2D eigenvalue weighted by Gasteiger charge is 2.26. The van der Waals surface area contributed by atoms with Crippen molar-refractivity contribution in [2.45, 2.75) is 50.3 Å². The van der Waals surface area contributed by atoms with Crippen LogP contribution in [0.1, 0.15) is 53.6 Å². The maximum Gasteiger partial charge on any atom is 0.256 e. The lowest BCUT2D eigenvalue weighted by Crippen LogP contribution is -2.35. The minimum absolute atomic E-state index is 0.0480. The highest BCUT2D eigenvalue weighted by molar-refractivity contribution is 7.89. The molecule has 0 spiro atoms. The van der Waals surface area contributed by atoms with Crippen LogP contribution in [0.5, 0.6) is 0 Å². The first-order valence-electron chi connectivity index (χ1n) is 11.6. The molecule has 2 fully saturated rings. The van der Waals surface area contributed by atoms with Crippen LogP contribution in [0.3, 0.4) is 0 Å². The number of hydrogen-bond acceptors (Lipinski definition) is 4. The summed E-state index contributed by atoms with van der Waals surface area (Å²) < 4.78 is 27.2. The molecule has 8 heteroatoms. The van der Waals surface area contributed by atoms with Gasteiger partial charge in [-0.3, -0.25) is 9.59 Å². The second-order valence-corrected chi connectivity index (χ2v) is 10.8. The van der Waals surface area contributed by atoms with Crippen LogP contribution in [0.15, 0.2) is 47.4 Å².